The van der Waals surface area contributed by atoms with E-state index in [1.54, 1.807) is 4.90 Å². The highest BCUT2D eigenvalue weighted by Crippen LogP contribution is 2.36. The number of aromatic nitrogens is 4. The zero-order chi connectivity index (χ0) is 38.6. The van der Waals surface area contributed by atoms with E-state index in [-0.39, 0.29) is 35.7 Å². The van der Waals surface area contributed by atoms with Gasteiger partial charge in [-0.3, -0.25) is 9.59 Å². The molecule has 1 saturated carbocycles. The van der Waals surface area contributed by atoms with Crippen molar-refractivity contribution in [3.63, 3.8) is 0 Å². The number of H-pyrrole nitrogens is 2. The molecule has 0 bridgehead atoms. The lowest BCUT2D eigenvalue weighted by atomic mass is 9.83. The van der Waals surface area contributed by atoms with Crippen molar-refractivity contribution in [2.75, 3.05) is 27.3 Å². The highest BCUT2D eigenvalue weighted by atomic mass is 16.5. The second kappa shape index (κ2) is 16.4. The van der Waals surface area contributed by atoms with Crippen molar-refractivity contribution < 1.29 is 28.7 Å². The van der Waals surface area contributed by atoms with Crippen LogP contribution in [0, 0.1) is 23.7 Å². The number of ether oxygens (including phenoxy) is 2. The van der Waals surface area contributed by atoms with Crippen LogP contribution in [0.2, 0.25) is 0 Å². The smallest absolute Gasteiger partial charge is 0.407 e. The van der Waals surface area contributed by atoms with Gasteiger partial charge in [0, 0.05) is 24.2 Å². The summed E-state index contributed by atoms with van der Waals surface area (Å²) >= 11 is 0. The van der Waals surface area contributed by atoms with E-state index in [0.717, 1.165) is 96.8 Å². The number of hydrogen-bond acceptors (Lipinski definition) is 8. The van der Waals surface area contributed by atoms with Gasteiger partial charge in [-0.05, 0) is 86.8 Å². The number of imidazole rings is 2. The minimum atomic E-state index is -0.700. The lowest BCUT2D eigenvalue weighted by molar-refractivity contribution is -0.136. The average molecular weight is 751 g/mol. The molecule has 4 heterocycles. The summed E-state index contributed by atoms with van der Waals surface area (Å²) in [6, 6.07) is 9.91. The Bertz CT molecular complexity index is 2120. The number of aromatic amines is 2. The Kier molecular flexibility index (Phi) is 11.3. The molecule has 3 aliphatic rings. The fraction of sp³-hybridized carbons (Fsp3) is 0.512. The number of nitrogens with one attached hydrogen (secondary N) is 4. The molecule has 0 unspecified atom stereocenters. The number of methoxy groups -OCH3 is 2. The number of amides is 4. The molecule has 4 N–H and O–H groups in total. The molecule has 2 aromatic heterocycles. The molecule has 2 aromatic carbocycles. The third-order valence-electron chi connectivity index (χ3n) is 11.3. The normalized spacial score (nSPS) is 19.9. The van der Waals surface area contributed by atoms with Crippen LogP contribution >= 0.6 is 0 Å². The standard InChI is InChI=1S/C41H50N8O6/c1-24(2)34(46-40(52)54-3)38(50)48-20-8-12-32(48)36-42-28-18-16-25(22-30(28)44-36)14-15-26-17-19-29-31(23-26)45-37(43-29)33-13-9-21-49(33)39(51)35(47-41(53)55-4)27-10-6-5-7-11-27/h16-19,22-24,27,32-35H,5-13,20-21H2,1-4H3,(H,42,44)(H,43,45)(H,46,52)(H,47,53)/t32-,33-,34-,35-/m0/s1. The Labute approximate surface area is 320 Å². The Morgan fingerprint density at radius 3 is 1.73 bits per heavy atom. The minimum Gasteiger partial charge on any atom is -0.453 e. The molecule has 14 nitrogen and oxygen atoms in total. The lowest BCUT2D eigenvalue weighted by Gasteiger charge is -2.34. The highest BCUT2D eigenvalue weighted by molar-refractivity contribution is 5.88. The number of carbonyl (C=O) groups excluding carboxylic acids is 4. The van der Waals surface area contributed by atoms with Crippen LogP contribution in [0.25, 0.3) is 22.1 Å². The maximum absolute atomic E-state index is 14.0. The predicted molar refractivity (Wildman–Crippen MR) is 206 cm³/mol. The number of nitrogens with zero attached hydrogens (tertiary/aromatic N) is 4. The minimum absolute atomic E-state index is 0.0741. The fourth-order valence-corrected chi connectivity index (χ4v) is 8.40. The number of benzene rings is 2. The molecular formula is C41H50N8O6. The van der Waals surface area contributed by atoms with Gasteiger partial charge in [0.05, 0.1) is 48.4 Å². The average Bonchev–Trinajstić information content (AvgIpc) is 4.03. The van der Waals surface area contributed by atoms with Crippen LogP contribution in [0.1, 0.15) is 106 Å². The summed E-state index contributed by atoms with van der Waals surface area (Å²) in [5.41, 5.74) is 4.86. The molecule has 0 radical (unpaired) electrons. The van der Waals surface area contributed by atoms with Crippen molar-refractivity contribution in [2.45, 2.75) is 95.8 Å². The molecule has 14 heteroatoms. The number of hydrogen-bond donors (Lipinski definition) is 4. The van der Waals surface area contributed by atoms with Crippen molar-refractivity contribution in [1.82, 2.24) is 40.4 Å². The summed E-state index contributed by atoms with van der Waals surface area (Å²) in [6.45, 7) is 4.98. The van der Waals surface area contributed by atoms with Gasteiger partial charge in [0.2, 0.25) is 11.8 Å². The van der Waals surface area contributed by atoms with Gasteiger partial charge in [-0.15, -0.1) is 0 Å². The van der Waals surface area contributed by atoms with Gasteiger partial charge in [-0.2, -0.15) is 0 Å². The SMILES string of the molecule is COC(=O)N[C@H](C(=O)N1CCC[C@H]1c1nc2ccc(C#Cc3ccc4nc([C@@H]5CCCN5C(=O)[C@@H](NC(=O)OC)C5CCCCC5)[nH]c4c3)cc2[nH]1)C(C)C. The van der Waals surface area contributed by atoms with Crippen LogP contribution < -0.4 is 10.6 Å². The Morgan fingerprint density at radius 1 is 0.709 bits per heavy atom. The topological polar surface area (TPSA) is 175 Å². The van der Waals surface area contributed by atoms with Crippen molar-refractivity contribution in [2.24, 2.45) is 11.8 Å². The van der Waals surface area contributed by atoms with Gasteiger partial charge in [-0.1, -0.05) is 45.0 Å². The van der Waals surface area contributed by atoms with E-state index in [0.29, 0.717) is 18.9 Å². The maximum Gasteiger partial charge on any atom is 0.407 e. The maximum atomic E-state index is 14.0. The second-order valence-corrected chi connectivity index (χ2v) is 15.2. The van der Waals surface area contributed by atoms with E-state index in [9.17, 15) is 19.2 Å². The first-order chi connectivity index (χ1) is 26.6. The number of fused-ring (bicyclic) bond motifs is 2. The van der Waals surface area contributed by atoms with Gasteiger partial charge in [-0.25, -0.2) is 19.6 Å². The summed E-state index contributed by atoms with van der Waals surface area (Å²) in [6.07, 6.45) is 7.09. The Hall–Kier alpha value is -5.58. The fourth-order valence-electron chi connectivity index (χ4n) is 8.40. The molecule has 1 aliphatic carbocycles. The summed E-state index contributed by atoms with van der Waals surface area (Å²) in [4.78, 5) is 72.1. The van der Waals surface area contributed by atoms with Crippen LogP contribution in [-0.4, -0.2) is 93.1 Å². The van der Waals surface area contributed by atoms with Crippen LogP contribution in [0.4, 0.5) is 9.59 Å². The first kappa shape index (κ1) is 37.7. The van der Waals surface area contributed by atoms with E-state index in [1.807, 2.05) is 55.1 Å². The Morgan fingerprint density at radius 2 is 1.22 bits per heavy atom. The molecular weight excluding hydrogens is 701 g/mol. The van der Waals surface area contributed by atoms with Crippen LogP contribution in [0.5, 0.6) is 0 Å². The molecule has 290 valence electrons. The van der Waals surface area contributed by atoms with Gasteiger partial charge < -0.3 is 39.9 Å². The van der Waals surface area contributed by atoms with Gasteiger partial charge in [0.1, 0.15) is 23.7 Å². The van der Waals surface area contributed by atoms with Crippen molar-refractivity contribution >= 4 is 46.1 Å². The lowest BCUT2D eigenvalue weighted by Crippen LogP contribution is -2.52. The zero-order valence-corrected chi connectivity index (χ0v) is 31.9. The van der Waals surface area contributed by atoms with E-state index in [4.69, 9.17) is 19.4 Å². The largest absolute Gasteiger partial charge is 0.453 e. The number of carbonyl (C=O) groups is 4. The third-order valence-corrected chi connectivity index (χ3v) is 11.3. The molecule has 0 spiro atoms. The van der Waals surface area contributed by atoms with Crippen molar-refractivity contribution in [3.8, 4) is 11.8 Å². The van der Waals surface area contributed by atoms with E-state index < -0.39 is 24.3 Å². The molecule has 7 rings (SSSR count). The molecule has 4 atom stereocenters. The first-order valence-corrected chi connectivity index (χ1v) is 19.4. The number of likely N-dealkylation sites (tertiary alicyclic amines) is 2. The summed E-state index contributed by atoms with van der Waals surface area (Å²) < 4.78 is 9.65. The van der Waals surface area contributed by atoms with Crippen molar-refractivity contribution in [3.05, 3.63) is 59.2 Å². The van der Waals surface area contributed by atoms with E-state index in [1.165, 1.54) is 14.2 Å². The highest BCUT2D eigenvalue weighted by Gasteiger charge is 2.40. The van der Waals surface area contributed by atoms with Crippen LogP contribution in [0.3, 0.4) is 0 Å². The summed E-state index contributed by atoms with van der Waals surface area (Å²) in [7, 11) is 2.61. The van der Waals surface area contributed by atoms with E-state index >= 15 is 0 Å². The van der Waals surface area contributed by atoms with Crippen LogP contribution in [0.15, 0.2) is 36.4 Å². The molecule has 4 aromatic rings. The van der Waals surface area contributed by atoms with Gasteiger partial charge in [0.25, 0.3) is 0 Å². The summed E-state index contributed by atoms with van der Waals surface area (Å²) in [5, 5.41) is 5.55. The molecule has 2 saturated heterocycles. The Balaban J connectivity index is 1.06. The molecule has 4 amide bonds. The third kappa shape index (κ3) is 8.11. The molecule has 2 aliphatic heterocycles. The summed E-state index contributed by atoms with van der Waals surface area (Å²) in [5.74, 6) is 7.74. The number of rotatable bonds is 8. The van der Waals surface area contributed by atoms with E-state index in [2.05, 4.69) is 32.4 Å². The molecule has 55 heavy (non-hydrogen) atoms. The molecule has 3 fully saturated rings. The predicted octanol–water partition coefficient (Wildman–Crippen LogP) is 5.85. The quantitative estimate of drug-likeness (QED) is 0.162. The van der Waals surface area contributed by atoms with Crippen LogP contribution in [-0.2, 0) is 19.1 Å². The number of alkyl carbamates (subject to hydrolysis) is 2. The van der Waals surface area contributed by atoms with Gasteiger partial charge in [0.15, 0.2) is 0 Å². The van der Waals surface area contributed by atoms with Crippen molar-refractivity contribution in [1.29, 1.82) is 0 Å². The van der Waals surface area contributed by atoms with Gasteiger partial charge >= 0.3 is 12.2 Å². The monoisotopic (exact) mass is 750 g/mol. The second-order valence-electron chi connectivity index (χ2n) is 15.2. The first-order valence-electron chi connectivity index (χ1n) is 19.4. The zero-order valence-electron chi connectivity index (χ0n) is 31.9.